The molecule has 0 saturated heterocycles. The van der Waals surface area contributed by atoms with Gasteiger partial charge in [0, 0.05) is 0 Å². The minimum Gasteiger partial charge on any atom is -0.468 e. The molecule has 2 rings (SSSR count). The van der Waals surface area contributed by atoms with Gasteiger partial charge in [-0.15, -0.1) is 0 Å². The fourth-order valence-corrected chi connectivity index (χ4v) is 3.10. The van der Waals surface area contributed by atoms with Crippen molar-refractivity contribution in [2.24, 2.45) is 5.92 Å². The van der Waals surface area contributed by atoms with E-state index >= 15 is 0 Å². The first-order chi connectivity index (χ1) is 11.3. The van der Waals surface area contributed by atoms with Crippen LogP contribution in [-0.4, -0.2) is 50.7 Å². The second kappa shape index (κ2) is 6.48. The molecule has 1 heterocycles. The van der Waals surface area contributed by atoms with Crippen molar-refractivity contribution in [3.63, 3.8) is 0 Å². The molecule has 8 nitrogen and oxygen atoms in total. The summed E-state index contributed by atoms with van der Waals surface area (Å²) in [6.07, 6.45) is -2.34. The van der Waals surface area contributed by atoms with Crippen LogP contribution < -0.4 is 4.90 Å². The number of hydrogen-bond donors (Lipinski definition) is 1. The van der Waals surface area contributed by atoms with E-state index in [-0.39, 0.29) is 0 Å². The average molecular weight is 337 g/mol. The zero-order valence-corrected chi connectivity index (χ0v) is 13.8. The van der Waals surface area contributed by atoms with Gasteiger partial charge >= 0.3 is 18.0 Å². The summed E-state index contributed by atoms with van der Waals surface area (Å²) in [5, 5.41) is 10.8. The number of carbonyl (C=O) groups is 3. The molecular formula is C16H19NO7. The molecule has 130 valence electrons. The summed E-state index contributed by atoms with van der Waals surface area (Å²) in [5.41, 5.74) is -0.689. The van der Waals surface area contributed by atoms with Crippen LogP contribution in [0.25, 0.3) is 0 Å². The Morgan fingerprint density at radius 3 is 2.12 bits per heavy atom. The number of fused-ring (bicyclic) bond motifs is 1. The minimum absolute atomic E-state index is 0.345. The Bertz CT molecular complexity index is 658. The van der Waals surface area contributed by atoms with Crippen LogP contribution in [-0.2, 0) is 29.2 Å². The van der Waals surface area contributed by atoms with Crippen molar-refractivity contribution in [1.29, 1.82) is 0 Å². The normalized spacial score (nSPS) is 22.1. The highest BCUT2D eigenvalue weighted by Crippen LogP contribution is 2.49. The van der Waals surface area contributed by atoms with Crippen LogP contribution in [0.15, 0.2) is 24.3 Å². The fourth-order valence-electron chi connectivity index (χ4n) is 3.10. The monoisotopic (exact) mass is 337 g/mol. The average Bonchev–Trinajstić information content (AvgIpc) is 2.82. The molecule has 8 heteroatoms. The molecular weight excluding hydrogens is 318 g/mol. The number of benzene rings is 1. The van der Waals surface area contributed by atoms with Gasteiger partial charge in [-0.2, -0.15) is 0 Å². The summed E-state index contributed by atoms with van der Waals surface area (Å²) < 4.78 is 14.1. The first-order valence-corrected chi connectivity index (χ1v) is 7.15. The van der Waals surface area contributed by atoms with Gasteiger partial charge in [0.1, 0.15) is 6.23 Å². The lowest BCUT2D eigenvalue weighted by molar-refractivity contribution is -0.164. The lowest BCUT2D eigenvalue weighted by Crippen LogP contribution is -2.54. The number of anilines is 1. The van der Waals surface area contributed by atoms with Crippen LogP contribution in [0, 0.1) is 5.92 Å². The molecule has 0 aliphatic carbocycles. The van der Waals surface area contributed by atoms with Gasteiger partial charge in [0.2, 0.25) is 0 Å². The maximum absolute atomic E-state index is 12.2. The number of amides is 1. The zero-order chi connectivity index (χ0) is 18.1. The first-order valence-electron chi connectivity index (χ1n) is 7.15. The number of esters is 2. The van der Waals surface area contributed by atoms with Gasteiger partial charge in [-0.1, -0.05) is 18.2 Å². The molecule has 1 N–H and O–H groups in total. The molecule has 1 aromatic carbocycles. The van der Waals surface area contributed by atoms with Crippen LogP contribution in [0.3, 0.4) is 0 Å². The molecule has 0 saturated carbocycles. The largest absolute Gasteiger partial charge is 0.468 e. The van der Waals surface area contributed by atoms with E-state index < -0.39 is 35.6 Å². The predicted molar refractivity (Wildman–Crippen MR) is 82.2 cm³/mol. The van der Waals surface area contributed by atoms with Crippen LogP contribution in [0.5, 0.6) is 0 Å². The van der Waals surface area contributed by atoms with Crippen molar-refractivity contribution in [2.45, 2.75) is 18.6 Å². The van der Waals surface area contributed by atoms with Crippen LogP contribution in [0.4, 0.5) is 10.5 Å². The molecule has 0 bridgehead atoms. The summed E-state index contributed by atoms with van der Waals surface area (Å²) in [5.74, 6) is -3.20. The standard InChI is InChI=1S/C16H19NO7/c1-16(11(12(18)22-2)13(19)23-3)9-7-5-6-8-10(9)17(14(16)20)15(21)24-4/h5-8,11,14,20H,1-4H3/t14-,16-/m1/s1. The molecule has 1 aliphatic rings. The Labute approximate surface area is 138 Å². The smallest absolute Gasteiger partial charge is 0.416 e. The number of rotatable bonds is 3. The SMILES string of the molecule is COC(=O)C(C(=O)OC)[C@@]1(C)c2ccccc2N(C(=O)OC)[C@@H]1O. The van der Waals surface area contributed by atoms with E-state index in [9.17, 15) is 19.5 Å². The van der Waals surface area contributed by atoms with Crippen molar-refractivity contribution in [3.05, 3.63) is 29.8 Å². The van der Waals surface area contributed by atoms with Gasteiger partial charge in [0.15, 0.2) is 5.92 Å². The summed E-state index contributed by atoms with van der Waals surface area (Å²) in [6.45, 7) is 1.50. The minimum atomic E-state index is -1.52. The molecule has 0 aromatic heterocycles. The fraction of sp³-hybridized carbons (Fsp3) is 0.438. The topological polar surface area (TPSA) is 102 Å². The highest BCUT2D eigenvalue weighted by atomic mass is 16.6. The Hall–Kier alpha value is -2.61. The van der Waals surface area contributed by atoms with E-state index in [2.05, 4.69) is 0 Å². The van der Waals surface area contributed by atoms with E-state index in [0.29, 0.717) is 11.3 Å². The summed E-state index contributed by atoms with van der Waals surface area (Å²) in [7, 11) is 3.44. The highest BCUT2D eigenvalue weighted by Gasteiger charge is 2.59. The molecule has 0 fully saturated rings. The third kappa shape index (κ3) is 2.39. The first kappa shape index (κ1) is 17.7. The van der Waals surface area contributed by atoms with Crippen molar-refractivity contribution in [2.75, 3.05) is 26.2 Å². The quantitative estimate of drug-likeness (QED) is 0.495. The molecule has 0 spiro atoms. The maximum atomic E-state index is 12.2. The number of ether oxygens (including phenoxy) is 3. The van der Waals surface area contributed by atoms with Crippen molar-refractivity contribution < 1.29 is 33.7 Å². The van der Waals surface area contributed by atoms with Crippen molar-refractivity contribution in [3.8, 4) is 0 Å². The summed E-state index contributed by atoms with van der Waals surface area (Å²) in [4.78, 5) is 37.6. The molecule has 0 unspecified atom stereocenters. The lowest BCUT2D eigenvalue weighted by Gasteiger charge is -2.35. The number of methoxy groups -OCH3 is 3. The number of hydrogen-bond acceptors (Lipinski definition) is 7. The summed E-state index contributed by atoms with van der Waals surface area (Å²) >= 11 is 0. The van der Waals surface area contributed by atoms with Crippen LogP contribution >= 0.6 is 0 Å². The second-order valence-corrected chi connectivity index (χ2v) is 5.49. The van der Waals surface area contributed by atoms with Gasteiger partial charge in [-0.25, -0.2) is 4.79 Å². The van der Waals surface area contributed by atoms with E-state index in [0.717, 1.165) is 19.1 Å². The van der Waals surface area contributed by atoms with Crippen LogP contribution in [0.2, 0.25) is 0 Å². The van der Waals surface area contributed by atoms with Crippen molar-refractivity contribution >= 4 is 23.7 Å². The van der Waals surface area contributed by atoms with E-state index in [1.807, 2.05) is 0 Å². The van der Waals surface area contributed by atoms with Gasteiger partial charge in [0.05, 0.1) is 32.4 Å². The third-order valence-electron chi connectivity index (χ3n) is 4.37. The van der Waals surface area contributed by atoms with Crippen molar-refractivity contribution in [1.82, 2.24) is 0 Å². The zero-order valence-electron chi connectivity index (χ0n) is 13.8. The van der Waals surface area contributed by atoms with Gasteiger partial charge in [0.25, 0.3) is 0 Å². The number of aliphatic hydroxyl groups excluding tert-OH is 1. The maximum Gasteiger partial charge on any atom is 0.416 e. The predicted octanol–water partition coefficient (Wildman–Crippen LogP) is 0.811. The Morgan fingerprint density at radius 2 is 1.62 bits per heavy atom. The van der Waals surface area contributed by atoms with E-state index in [4.69, 9.17) is 14.2 Å². The van der Waals surface area contributed by atoms with Crippen LogP contribution in [0.1, 0.15) is 12.5 Å². The van der Waals surface area contributed by atoms with Gasteiger partial charge < -0.3 is 19.3 Å². The Balaban J connectivity index is 2.68. The molecule has 1 aromatic rings. The second-order valence-electron chi connectivity index (χ2n) is 5.49. The number of carbonyl (C=O) groups excluding carboxylic acids is 3. The van der Waals surface area contributed by atoms with Gasteiger partial charge in [-0.3, -0.25) is 14.5 Å². The molecule has 0 radical (unpaired) electrons. The van der Waals surface area contributed by atoms with Gasteiger partial charge in [-0.05, 0) is 18.6 Å². The number of nitrogens with zero attached hydrogens (tertiary/aromatic N) is 1. The Morgan fingerprint density at radius 1 is 1.08 bits per heavy atom. The molecule has 1 amide bonds. The van der Waals surface area contributed by atoms with E-state index in [1.54, 1.807) is 24.3 Å². The molecule has 2 atom stereocenters. The number of aliphatic hydroxyl groups is 1. The highest BCUT2D eigenvalue weighted by molar-refractivity contribution is 6.00. The lowest BCUT2D eigenvalue weighted by atomic mass is 9.71. The van der Waals surface area contributed by atoms with E-state index in [1.165, 1.54) is 14.0 Å². The summed E-state index contributed by atoms with van der Waals surface area (Å²) in [6, 6.07) is 6.56. The molecule has 1 aliphatic heterocycles. The Kier molecular flexibility index (Phi) is 4.79. The number of para-hydroxylation sites is 1. The molecule has 24 heavy (non-hydrogen) atoms. The third-order valence-corrected chi connectivity index (χ3v) is 4.37.